The van der Waals surface area contributed by atoms with Crippen molar-refractivity contribution in [3.05, 3.63) is 27.2 Å². The fraction of sp³-hybridized carbons (Fsp3) is 0.364. The number of carbonyl (C=O) groups excluding carboxylic acids is 1. The highest BCUT2D eigenvalue weighted by Crippen LogP contribution is 2.36. The Hall–Kier alpha value is -0.480. The van der Waals surface area contributed by atoms with Gasteiger partial charge in [0.25, 0.3) is 0 Å². The van der Waals surface area contributed by atoms with Gasteiger partial charge in [0.2, 0.25) is 5.91 Å². The van der Waals surface area contributed by atoms with Gasteiger partial charge in [-0.15, -0.1) is 0 Å². The Morgan fingerprint density at radius 2 is 1.88 bits per heavy atom. The molecule has 1 atom stereocenters. The first-order valence-electron chi connectivity index (χ1n) is 5.08. The van der Waals surface area contributed by atoms with Crippen LogP contribution in [0.25, 0.3) is 0 Å². The Bertz CT molecular complexity index is 441. The lowest BCUT2D eigenvalue weighted by atomic mass is 10.1. The first kappa shape index (κ1) is 13.0. The molecule has 0 spiro atoms. The van der Waals surface area contributed by atoms with Crippen LogP contribution >= 0.6 is 34.8 Å². The quantitative estimate of drug-likeness (QED) is 0.852. The number of nitrogens with zero attached hydrogens (tertiary/aromatic N) is 1. The predicted octanol–water partition coefficient (Wildman–Crippen LogP) is 2.99. The van der Waals surface area contributed by atoms with Crippen LogP contribution in [-0.4, -0.2) is 24.2 Å². The van der Waals surface area contributed by atoms with Gasteiger partial charge in [0.05, 0.1) is 15.1 Å². The van der Waals surface area contributed by atoms with Crippen molar-refractivity contribution in [1.29, 1.82) is 0 Å². The molecule has 1 saturated heterocycles. The summed E-state index contributed by atoms with van der Waals surface area (Å²) in [5.74, 6) is -0.0748. The molecular formula is C11H10Cl3NO2. The Balaban J connectivity index is 2.32. The Kier molecular flexibility index (Phi) is 3.83. The number of halogens is 3. The van der Waals surface area contributed by atoms with E-state index < -0.39 is 0 Å². The van der Waals surface area contributed by atoms with Gasteiger partial charge in [-0.1, -0.05) is 34.8 Å². The van der Waals surface area contributed by atoms with Crippen LogP contribution in [-0.2, 0) is 4.79 Å². The van der Waals surface area contributed by atoms with E-state index in [2.05, 4.69) is 0 Å². The number of hydrogen-bond acceptors (Lipinski definition) is 2. The summed E-state index contributed by atoms with van der Waals surface area (Å²) in [5.41, 5.74) is 0.616. The van der Waals surface area contributed by atoms with E-state index in [1.165, 1.54) is 0 Å². The molecule has 92 valence electrons. The van der Waals surface area contributed by atoms with Crippen molar-refractivity contribution in [1.82, 2.24) is 0 Å². The van der Waals surface area contributed by atoms with E-state index in [-0.39, 0.29) is 23.5 Å². The molecule has 0 aliphatic carbocycles. The maximum atomic E-state index is 11.7. The molecule has 1 N–H and O–H groups in total. The molecule has 1 aromatic carbocycles. The number of benzene rings is 1. The lowest BCUT2D eigenvalue weighted by molar-refractivity contribution is -0.117. The van der Waals surface area contributed by atoms with Crippen molar-refractivity contribution in [3.63, 3.8) is 0 Å². The summed E-state index contributed by atoms with van der Waals surface area (Å²) < 4.78 is 0. The topological polar surface area (TPSA) is 40.5 Å². The number of amides is 1. The van der Waals surface area contributed by atoms with E-state index in [4.69, 9.17) is 39.9 Å². The average molecular weight is 295 g/mol. The van der Waals surface area contributed by atoms with Gasteiger partial charge in [0.15, 0.2) is 0 Å². The minimum Gasteiger partial charge on any atom is -0.396 e. The lowest BCUT2D eigenvalue weighted by Gasteiger charge is -2.17. The third-order valence-electron chi connectivity index (χ3n) is 2.74. The monoisotopic (exact) mass is 293 g/mol. The maximum Gasteiger partial charge on any atom is 0.227 e. The van der Waals surface area contributed by atoms with Crippen LogP contribution < -0.4 is 4.90 Å². The van der Waals surface area contributed by atoms with E-state index in [0.717, 1.165) is 0 Å². The fourth-order valence-corrected chi connectivity index (χ4v) is 2.44. The summed E-state index contributed by atoms with van der Waals surface area (Å²) >= 11 is 17.7. The molecule has 1 aliphatic heterocycles. The summed E-state index contributed by atoms with van der Waals surface area (Å²) in [7, 11) is 0. The maximum absolute atomic E-state index is 11.7. The molecule has 2 rings (SSSR count). The van der Waals surface area contributed by atoms with Gasteiger partial charge in [-0.3, -0.25) is 4.79 Å². The highest BCUT2D eigenvalue weighted by Gasteiger charge is 2.30. The molecule has 0 radical (unpaired) electrons. The normalized spacial score (nSPS) is 20.1. The zero-order valence-corrected chi connectivity index (χ0v) is 11.1. The second-order valence-electron chi connectivity index (χ2n) is 3.98. The molecule has 17 heavy (non-hydrogen) atoms. The second-order valence-corrected chi connectivity index (χ2v) is 5.17. The van der Waals surface area contributed by atoms with E-state index in [1.807, 2.05) is 0 Å². The summed E-state index contributed by atoms with van der Waals surface area (Å²) in [6, 6.07) is 3.21. The van der Waals surface area contributed by atoms with Crippen molar-refractivity contribution in [2.45, 2.75) is 6.42 Å². The zero-order valence-electron chi connectivity index (χ0n) is 8.79. The number of aliphatic hydroxyl groups is 1. The molecular weight excluding hydrogens is 284 g/mol. The first-order chi connectivity index (χ1) is 8.02. The van der Waals surface area contributed by atoms with Gasteiger partial charge in [-0.25, -0.2) is 0 Å². The van der Waals surface area contributed by atoms with E-state index in [0.29, 0.717) is 28.7 Å². The average Bonchev–Trinajstić information content (AvgIpc) is 2.67. The van der Waals surface area contributed by atoms with Gasteiger partial charge < -0.3 is 10.0 Å². The van der Waals surface area contributed by atoms with Crippen LogP contribution in [0.3, 0.4) is 0 Å². The zero-order chi connectivity index (χ0) is 12.6. The highest BCUT2D eigenvalue weighted by molar-refractivity contribution is 6.48. The summed E-state index contributed by atoms with van der Waals surface area (Å²) in [6.07, 6.45) is 0.342. The Morgan fingerprint density at radius 3 is 2.35 bits per heavy atom. The molecule has 1 amide bonds. The van der Waals surface area contributed by atoms with Gasteiger partial charge in [0.1, 0.15) is 0 Å². The van der Waals surface area contributed by atoms with Crippen LogP contribution in [0.4, 0.5) is 5.69 Å². The summed E-state index contributed by atoms with van der Waals surface area (Å²) in [6.45, 7) is 0.473. The number of carbonyl (C=O) groups is 1. The lowest BCUT2D eigenvalue weighted by Crippen LogP contribution is -2.24. The van der Waals surface area contributed by atoms with E-state index in [1.54, 1.807) is 17.0 Å². The minimum absolute atomic E-state index is 0.00268. The van der Waals surface area contributed by atoms with Crippen molar-refractivity contribution >= 4 is 46.4 Å². The van der Waals surface area contributed by atoms with E-state index in [9.17, 15) is 4.79 Å². The largest absolute Gasteiger partial charge is 0.396 e. The van der Waals surface area contributed by atoms with Crippen LogP contribution in [0.1, 0.15) is 6.42 Å². The number of rotatable bonds is 2. The standard InChI is InChI=1S/C11H10Cl3NO2/c12-8-2-7(3-9(13)11(8)14)15-4-6(5-16)1-10(15)17/h2-3,6,16H,1,4-5H2. The predicted molar refractivity (Wildman–Crippen MR) is 69.0 cm³/mol. The number of hydrogen-bond donors (Lipinski definition) is 1. The van der Waals surface area contributed by atoms with Gasteiger partial charge >= 0.3 is 0 Å². The van der Waals surface area contributed by atoms with Crippen LogP contribution in [0, 0.1) is 5.92 Å². The molecule has 1 fully saturated rings. The molecule has 1 aromatic rings. The molecule has 0 aromatic heterocycles. The van der Waals surface area contributed by atoms with Gasteiger partial charge in [-0.05, 0) is 12.1 Å². The number of aliphatic hydroxyl groups excluding tert-OH is 1. The first-order valence-corrected chi connectivity index (χ1v) is 6.22. The fourth-order valence-electron chi connectivity index (χ4n) is 1.85. The molecule has 1 heterocycles. The summed E-state index contributed by atoms with van der Waals surface area (Å²) in [4.78, 5) is 13.3. The van der Waals surface area contributed by atoms with Crippen molar-refractivity contribution < 1.29 is 9.90 Å². The Morgan fingerprint density at radius 1 is 1.29 bits per heavy atom. The molecule has 3 nitrogen and oxygen atoms in total. The number of anilines is 1. The van der Waals surface area contributed by atoms with Gasteiger partial charge in [0, 0.05) is 31.2 Å². The molecule has 0 bridgehead atoms. The van der Waals surface area contributed by atoms with E-state index >= 15 is 0 Å². The second kappa shape index (κ2) is 5.02. The van der Waals surface area contributed by atoms with Crippen molar-refractivity contribution in [3.8, 4) is 0 Å². The molecule has 6 heteroatoms. The third kappa shape index (κ3) is 2.52. The van der Waals surface area contributed by atoms with Gasteiger partial charge in [-0.2, -0.15) is 0 Å². The van der Waals surface area contributed by atoms with Crippen LogP contribution in [0.2, 0.25) is 15.1 Å². The minimum atomic E-state index is -0.0431. The van der Waals surface area contributed by atoms with Crippen LogP contribution in [0.15, 0.2) is 12.1 Å². The SMILES string of the molecule is O=C1CC(CO)CN1c1cc(Cl)c(Cl)c(Cl)c1. The highest BCUT2D eigenvalue weighted by atomic mass is 35.5. The Labute approximate surface area is 114 Å². The third-order valence-corrected chi connectivity index (χ3v) is 3.94. The summed E-state index contributed by atoms with van der Waals surface area (Å²) in [5, 5.41) is 9.96. The van der Waals surface area contributed by atoms with Crippen molar-refractivity contribution in [2.75, 3.05) is 18.1 Å². The van der Waals surface area contributed by atoms with Crippen LogP contribution in [0.5, 0.6) is 0 Å². The molecule has 0 saturated carbocycles. The smallest absolute Gasteiger partial charge is 0.227 e. The van der Waals surface area contributed by atoms with Crippen molar-refractivity contribution in [2.24, 2.45) is 5.92 Å². The molecule has 1 aliphatic rings. The molecule has 1 unspecified atom stereocenters.